The lowest BCUT2D eigenvalue weighted by atomic mass is 9.95. The van der Waals surface area contributed by atoms with Crippen LogP contribution in [0.15, 0.2) is 30.5 Å². The van der Waals surface area contributed by atoms with Gasteiger partial charge in [-0.25, -0.2) is 27.5 Å². The molecule has 0 amide bonds. The van der Waals surface area contributed by atoms with Crippen molar-refractivity contribution < 1.29 is 27.4 Å². The second kappa shape index (κ2) is 14.0. The fourth-order valence-corrected chi connectivity index (χ4v) is 14.9. The Bertz CT molecular complexity index is 2100. The lowest BCUT2D eigenvalue weighted by Gasteiger charge is -2.38. The van der Waals surface area contributed by atoms with Gasteiger partial charge in [-0.3, -0.25) is 4.90 Å². The van der Waals surface area contributed by atoms with E-state index in [9.17, 15) is 13.9 Å². The van der Waals surface area contributed by atoms with Gasteiger partial charge in [-0.05, 0) is 72.9 Å². The third-order valence-electron chi connectivity index (χ3n) is 12.4. The molecule has 0 spiro atoms. The molecule has 1 N–H and O–H groups in total. The maximum absolute atomic E-state index is 17.2. The van der Waals surface area contributed by atoms with Crippen LogP contribution in [0.25, 0.3) is 32.9 Å². The summed E-state index contributed by atoms with van der Waals surface area (Å²) in [6.45, 7) is 16.4. The van der Waals surface area contributed by atoms with Gasteiger partial charge < -0.3 is 14.7 Å². The minimum Gasteiger partial charge on any atom is -0.508 e. The minimum absolute atomic E-state index is 0.0726. The fourth-order valence-electron chi connectivity index (χ4n) is 9.68. The smallest absolute Gasteiger partial charge is 0.317 e. The lowest BCUT2D eigenvalue weighted by molar-refractivity contribution is 0.107. The molecule has 12 heteroatoms. The molecule has 0 bridgehead atoms. The number of nitrogens with zero attached hydrogens (tertiary/aromatic N) is 5. The normalized spacial score (nSPS) is 23.5. The SMILES string of the molecule is CC(C)[Si](C#Cc1c(F)ccc2cc(O)cc(-c3nc(N4CC[C@@H](F)[C@@H]4C)c4cnc(OC[C@@]56CCCN5C[C@H](F)C6)nc4c3F)c12)(C(C)C)C(C)C. The van der Waals surface area contributed by atoms with E-state index in [-0.39, 0.29) is 58.3 Å². The van der Waals surface area contributed by atoms with E-state index in [1.54, 1.807) is 11.8 Å². The summed E-state index contributed by atoms with van der Waals surface area (Å²) in [5.41, 5.74) is 3.97. The highest BCUT2D eigenvalue weighted by molar-refractivity contribution is 6.90. The van der Waals surface area contributed by atoms with Gasteiger partial charge in [0.25, 0.3) is 0 Å². The summed E-state index contributed by atoms with van der Waals surface area (Å²) in [5.74, 6) is 1.98. The van der Waals surface area contributed by atoms with Crippen molar-refractivity contribution in [3.8, 4) is 34.5 Å². The molecule has 0 radical (unpaired) electrons. The largest absolute Gasteiger partial charge is 0.508 e. The van der Waals surface area contributed by atoms with E-state index in [1.807, 2.05) is 0 Å². The number of aromatic nitrogens is 3. The average molecular weight is 748 g/mol. The Morgan fingerprint density at radius 1 is 1.04 bits per heavy atom. The van der Waals surface area contributed by atoms with Gasteiger partial charge in [0, 0.05) is 36.7 Å². The zero-order chi connectivity index (χ0) is 38.0. The van der Waals surface area contributed by atoms with Crippen LogP contribution in [0.5, 0.6) is 11.8 Å². The van der Waals surface area contributed by atoms with Crippen LogP contribution in [0.1, 0.15) is 79.7 Å². The number of hydrogen-bond donors (Lipinski definition) is 1. The maximum atomic E-state index is 17.2. The first-order valence-electron chi connectivity index (χ1n) is 18.9. The molecule has 3 saturated heterocycles. The van der Waals surface area contributed by atoms with E-state index in [2.05, 4.69) is 67.9 Å². The fraction of sp³-hybridized carbons (Fsp3) is 0.537. The summed E-state index contributed by atoms with van der Waals surface area (Å²) < 4.78 is 68.9. The summed E-state index contributed by atoms with van der Waals surface area (Å²) >= 11 is 0. The molecule has 2 aromatic heterocycles. The van der Waals surface area contributed by atoms with Crippen LogP contribution < -0.4 is 9.64 Å². The summed E-state index contributed by atoms with van der Waals surface area (Å²) in [6, 6.07) is 5.09. The first-order valence-corrected chi connectivity index (χ1v) is 21.2. The van der Waals surface area contributed by atoms with Crippen LogP contribution in [0.2, 0.25) is 16.6 Å². The highest BCUT2D eigenvalue weighted by atomic mass is 28.3. The zero-order valence-electron chi connectivity index (χ0n) is 31.6. The molecule has 7 nitrogen and oxygen atoms in total. The molecule has 2 aromatic carbocycles. The number of hydrogen-bond acceptors (Lipinski definition) is 7. The Kier molecular flexibility index (Phi) is 9.90. The van der Waals surface area contributed by atoms with Crippen molar-refractivity contribution in [2.45, 2.75) is 115 Å². The van der Waals surface area contributed by atoms with E-state index in [0.717, 1.165) is 19.4 Å². The lowest BCUT2D eigenvalue weighted by Crippen LogP contribution is -2.43. The Morgan fingerprint density at radius 2 is 1.77 bits per heavy atom. The average Bonchev–Trinajstić information content (AvgIpc) is 3.75. The highest BCUT2D eigenvalue weighted by Crippen LogP contribution is 2.44. The van der Waals surface area contributed by atoms with Gasteiger partial charge in [-0.1, -0.05) is 53.5 Å². The molecular weight excluding hydrogens is 699 g/mol. The van der Waals surface area contributed by atoms with Crippen LogP contribution in [0.3, 0.4) is 0 Å². The van der Waals surface area contributed by atoms with Gasteiger partial charge in [0.05, 0.1) is 22.5 Å². The minimum atomic E-state index is -2.32. The Labute approximate surface area is 310 Å². The van der Waals surface area contributed by atoms with Crippen molar-refractivity contribution in [3.05, 3.63) is 47.7 Å². The number of benzene rings is 2. The third-order valence-corrected chi connectivity index (χ3v) is 18.7. The molecule has 53 heavy (non-hydrogen) atoms. The van der Waals surface area contributed by atoms with Gasteiger partial charge in [0.2, 0.25) is 0 Å². The molecule has 7 rings (SSSR count). The number of alkyl halides is 2. The van der Waals surface area contributed by atoms with Gasteiger partial charge in [0.15, 0.2) is 5.82 Å². The van der Waals surface area contributed by atoms with Crippen LogP contribution in [0, 0.1) is 23.1 Å². The number of pyridine rings is 1. The topological polar surface area (TPSA) is 74.6 Å². The van der Waals surface area contributed by atoms with E-state index in [0.29, 0.717) is 46.9 Å². The Hall–Kier alpha value is -3.95. The van der Waals surface area contributed by atoms with E-state index < -0.39 is 43.6 Å². The first-order chi connectivity index (χ1) is 25.2. The molecule has 3 fully saturated rings. The Balaban J connectivity index is 1.43. The van der Waals surface area contributed by atoms with Crippen molar-refractivity contribution >= 4 is 35.6 Å². The van der Waals surface area contributed by atoms with E-state index in [4.69, 9.17) is 9.72 Å². The molecule has 4 atom stereocenters. The van der Waals surface area contributed by atoms with Crippen molar-refractivity contribution in [3.63, 3.8) is 0 Å². The molecule has 4 aromatic rings. The second-order valence-corrected chi connectivity index (χ2v) is 21.9. The summed E-state index contributed by atoms with van der Waals surface area (Å²) in [6.07, 6.45) is 1.70. The molecular formula is C41H49F4N5O2Si. The first kappa shape index (κ1) is 37.4. The third kappa shape index (κ3) is 6.31. The van der Waals surface area contributed by atoms with E-state index >= 15 is 8.78 Å². The van der Waals surface area contributed by atoms with Crippen LogP contribution >= 0.6 is 0 Å². The number of anilines is 1. The quantitative estimate of drug-likeness (QED) is 0.109. The number of ether oxygens (including phenoxy) is 1. The molecule has 0 unspecified atom stereocenters. The molecule has 282 valence electrons. The van der Waals surface area contributed by atoms with Gasteiger partial charge in [0.1, 0.15) is 55.6 Å². The molecule has 0 saturated carbocycles. The molecule has 0 aliphatic carbocycles. The number of halogens is 4. The molecule has 5 heterocycles. The monoisotopic (exact) mass is 747 g/mol. The number of phenols is 1. The number of aromatic hydroxyl groups is 1. The highest BCUT2D eigenvalue weighted by Gasteiger charge is 2.49. The number of phenolic OH excluding ortho intramolecular Hbond substituents is 1. The standard InChI is InChI=1S/C41H49F4N5O2Si/c1-23(2)53(24(3)4,25(5)6)16-12-30-34(44)10-9-27-17-29(51)18-31(35(27)30)37-36(45)38-32(39(47-37)50-15-11-33(43)26(50)7)20-46-40(48-38)52-22-41-13-8-14-49(41)21-28(42)19-41/h9-10,17-18,20,23-26,28,33,51H,8,11,13-15,19,21-22H2,1-7H3/t26-,28+,33+,41-/m0/s1. The van der Waals surface area contributed by atoms with Crippen LogP contribution in [0.4, 0.5) is 23.4 Å². The summed E-state index contributed by atoms with van der Waals surface area (Å²) in [4.78, 5) is 17.7. The predicted molar refractivity (Wildman–Crippen MR) is 205 cm³/mol. The summed E-state index contributed by atoms with van der Waals surface area (Å²) in [5, 5.41) is 12.0. The van der Waals surface area contributed by atoms with Crippen molar-refractivity contribution in [2.75, 3.05) is 31.1 Å². The van der Waals surface area contributed by atoms with Crippen molar-refractivity contribution in [1.29, 1.82) is 0 Å². The van der Waals surface area contributed by atoms with Crippen molar-refractivity contribution in [1.82, 2.24) is 19.9 Å². The van der Waals surface area contributed by atoms with Gasteiger partial charge in [-0.15, -0.1) is 5.54 Å². The van der Waals surface area contributed by atoms with Gasteiger partial charge >= 0.3 is 6.01 Å². The number of rotatable bonds is 8. The van der Waals surface area contributed by atoms with Crippen LogP contribution in [-0.4, -0.2) is 83.2 Å². The maximum Gasteiger partial charge on any atom is 0.317 e. The number of fused-ring (bicyclic) bond motifs is 3. The molecule has 3 aliphatic heterocycles. The summed E-state index contributed by atoms with van der Waals surface area (Å²) in [7, 11) is -2.32. The van der Waals surface area contributed by atoms with Crippen molar-refractivity contribution in [2.24, 2.45) is 0 Å². The zero-order valence-corrected chi connectivity index (χ0v) is 32.6. The van der Waals surface area contributed by atoms with Crippen LogP contribution in [-0.2, 0) is 0 Å². The Morgan fingerprint density at radius 3 is 2.45 bits per heavy atom. The molecule has 3 aliphatic rings. The predicted octanol–water partition coefficient (Wildman–Crippen LogP) is 9.29. The van der Waals surface area contributed by atoms with E-state index in [1.165, 1.54) is 30.5 Å². The van der Waals surface area contributed by atoms with Gasteiger partial charge in [-0.2, -0.15) is 4.98 Å². The second-order valence-electron chi connectivity index (χ2n) is 16.3.